The number of anilines is 1. The van der Waals surface area contributed by atoms with E-state index in [1.54, 1.807) is 32.4 Å². The maximum atomic E-state index is 13.8. The lowest BCUT2D eigenvalue weighted by molar-refractivity contribution is -0.122. The molecule has 4 atom stereocenters. The van der Waals surface area contributed by atoms with Crippen molar-refractivity contribution in [3.8, 4) is 11.5 Å². The average molecular weight is 522 g/mol. The number of esters is 1. The molecule has 1 saturated carbocycles. The molecule has 1 heterocycles. The molecular weight excluding hydrogens is 494 g/mol. The number of imide groups is 1. The standard InChI is InChI=1S/C32H27NO6/c1-37-22-11-7-18(8-12-22)26(19-9-13-23(38-2)14-10-19)27-24-15-16-25(27)29-28(24)30(34)33(31(29)35)21-6-4-5-20(17-21)32(36)39-3/h4-17,24-25,28-29H,1-3H3/t24-,25-,28-,29-/m0/s1. The highest BCUT2D eigenvalue weighted by molar-refractivity contribution is 6.23. The van der Waals surface area contributed by atoms with E-state index >= 15 is 0 Å². The maximum absolute atomic E-state index is 13.8. The molecule has 3 aromatic carbocycles. The van der Waals surface area contributed by atoms with Crippen LogP contribution < -0.4 is 14.4 Å². The fourth-order valence-electron chi connectivity index (χ4n) is 6.26. The number of carbonyl (C=O) groups is 3. The molecule has 6 rings (SSSR count). The Morgan fingerprint density at radius 2 is 1.21 bits per heavy atom. The molecule has 3 aromatic rings. The predicted octanol–water partition coefficient (Wildman–Crippen LogP) is 4.91. The topological polar surface area (TPSA) is 82.1 Å². The van der Waals surface area contributed by atoms with Crippen LogP contribution in [0.15, 0.2) is 90.5 Å². The molecule has 1 saturated heterocycles. The second-order valence-electron chi connectivity index (χ2n) is 9.83. The zero-order chi connectivity index (χ0) is 27.3. The third-order valence-electron chi connectivity index (χ3n) is 7.99. The molecule has 7 heteroatoms. The molecule has 2 fully saturated rings. The van der Waals surface area contributed by atoms with Crippen molar-refractivity contribution in [3.63, 3.8) is 0 Å². The number of rotatable bonds is 6. The van der Waals surface area contributed by atoms with Crippen LogP contribution in [0.25, 0.3) is 5.57 Å². The summed E-state index contributed by atoms with van der Waals surface area (Å²) in [6.45, 7) is 0. The van der Waals surface area contributed by atoms with E-state index in [1.165, 1.54) is 18.1 Å². The number of allylic oxidation sites excluding steroid dienone is 3. The van der Waals surface area contributed by atoms with E-state index in [0.717, 1.165) is 33.8 Å². The minimum Gasteiger partial charge on any atom is -0.497 e. The van der Waals surface area contributed by atoms with Gasteiger partial charge in [0.25, 0.3) is 0 Å². The number of hydrogen-bond donors (Lipinski definition) is 0. The quantitative estimate of drug-likeness (QED) is 0.260. The molecule has 2 bridgehead atoms. The number of methoxy groups -OCH3 is 3. The van der Waals surface area contributed by atoms with Gasteiger partial charge >= 0.3 is 5.97 Å². The zero-order valence-corrected chi connectivity index (χ0v) is 21.8. The van der Waals surface area contributed by atoms with Crippen LogP contribution in [0.3, 0.4) is 0 Å². The van der Waals surface area contributed by atoms with E-state index in [4.69, 9.17) is 14.2 Å². The van der Waals surface area contributed by atoms with Gasteiger partial charge in [-0.2, -0.15) is 0 Å². The van der Waals surface area contributed by atoms with Gasteiger partial charge in [-0.05, 0) is 64.7 Å². The van der Waals surface area contributed by atoms with Crippen LogP contribution in [0.2, 0.25) is 0 Å². The molecule has 2 amide bonds. The van der Waals surface area contributed by atoms with Crippen LogP contribution in [0, 0.1) is 23.7 Å². The van der Waals surface area contributed by atoms with Crippen molar-refractivity contribution in [2.75, 3.05) is 26.2 Å². The van der Waals surface area contributed by atoms with E-state index in [9.17, 15) is 14.4 Å². The van der Waals surface area contributed by atoms with E-state index in [0.29, 0.717) is 5.69 Å². The highest BCUT2D eigenvalue weighted by atomic mass is 16.5. The number of nitrogens with zero attached hydrogens (tertiary/aromatic N) is 1. The van der Waals surface area contributed by atoms with Gasteiger partial charge in [0.2, 0.25) is 11.8 Å². The van der Waals surface area contributed by atoms with Crippen LogP contribution in [0.5, 0.6) is 11.5 Å². The summed E-state index contributed by atoms with van der Waals surface area (Å²) in [5.74, 6) is -0.961. The summed E-state index contributed by atoms with van der Waals surface area (Å²) < 4.78 is 15.6. The molecule has 0 spiro atoms. The maximum Gasteiger partial charge on any atom is 0.337 e. The summed E-state index contributed by atoms with van der Waals surface area (Å²) in [5.41, 5.74) is 4.72. The Hall–Kier alpha value is -4.65. The van der Waals surface area contributed by atoms with E-state index in [1.807, 2.05) is 48.5 Å². The highest BCUT2D eigenvalue weighted by Gasteiger charge is 2.62. The van der Waals surface area contributed by atoms with Crippen LogP contribution >= 0.6 is 0 Å². The lowest BCUT2D eigenvalue weighted by Gasteiger charge is -2.22. The number of fused-ring (bicyclic) bond motifs is 5. The van der Waals surface area contributed by atoms with Gasteiger partial charge in [0.1, 0.15) is 11.5 Å². The van der Waals surface area contributed by atoms with Gasteiger partial charge in [-0.1, -0.05) is 42.5 Å². The van der Waals surface area contributed by atoms with Crippen LogP contribution in [0.1, 0.15) is 21.5 Å². The highest BCUT2D eigenvalue weighted by Crippen LogP contribution is 2.59. The molecule has 196 valence electrons. The number of benzene rings is 3. The van der Waals surface area contributed by atoms with Crippen molar-refractivity contribution in [2.24, 2.45) is 23.7 Å². The Bertz CT molecular complexity index is 1450. The second-order valence-corrected chi connectivity index (χ2v) is 9.83. The van der Waals surface area contributed by atoms with Gasteiger partial charge in [-0.3, -0.25) is 9.59 Å². The summed E-state index contributed by atoms with van der Waals surface area (Å²) >= 11 is 0. The molecule has 0 N–H and O–H groups in total. The van der Waals surface area contributed by atoms with Crippen molar-refractivity contribution in [2.45, 2.75) is 0 Å². The third kappa shape index (κ3) is 3.84. The van der Waals surface area contributed by atoms with E-state index in [2.05, 4.69) is 12.2 Å². The summed E-state index contributed by atoms with van der Waals surface area (Å²) in [6.07, 6.45) is 4.13. The molecule has 2 aliphatic carbocycles. The molecule has 0 radical (unpaired) electrons. The van der Waals surface area contributed by atoms with Gasteiger partial charge in [-0.15, -0.1) is 0 Å². The monoisotopic (exact) mass is 521 g/mol. The fraction of sp³-hybridized carbons (Fsp3) is 0.219. The normalized spacial score (nSPS) is 22.7. The summed E-state index contributed by atoms with van der Waals surface area (Å²) in [5, 5.41) is 0. The number of hydrogen-bond acceptors (Lipinski definition) is 6. The minimum atomic E-state index is -0.522. The Balaban J connectivity index is 1.44. The smallest absolute Gasteiger partial charge is 0.337 e. The lowest BCUT2D eigenvalue weighted by atomic mass is 9.85. The first-order valence-electron chi connectivity index (χ1n) is 12.7. The lowest BCUT2D eigenvalue weighted by Crippen LogP contribution is -2.33. The minimum absolute atomic E-state index is 0.218. The van der Waals surface area contributed by atoms with Gasteiger partial charge in [0.15, 0.2) is 0 Å². The van der Waals surface area contributed by atoms with Gasteiger partial charge in [0, 0.05) is 11.8 Å². The predicted molar refractivity (Wildman–Crippen MR) is 145 cm³/mol. The van der Waals surface area contributed by atoms with Crippen molar-refractivity contribution in [1.82, 2.24) is 0 Å². The first-order chi connectivity index (χ1) is 19.0. The Morgan fingerprint density at radius 3 is 1.67 bits per heavy atom. The molecule has 3 aliphatic rings. The SMILES string of the molecule is COC(=O)c1cccc(N2C(=O)[C@@H]3[C@@H](C2=O)[C@H]2C=C[C@H]3C2=C(c2ccc(OC)cc2)c2ccc(OC)cc2)c1. The molecule has 1 aliphatic heterocycles. The molecule has 39 heavy (non-hydrogen) atoms. The Labute approximate surface area is 226 Å². The van der Waals surface area contributed by atoms with Crippen molar-refractivity contribution in [1.29, 1.82) is 0 Å². The Kier molecular flexibility index (Phi) is 6.06. The number of ether oxygens (including phenoxy) is 3. The summed E-state index contributed by atoms with van der Waals surface area (Å²) in [4.78, 5) is 41.0. The van der Waals surface area contributed by atoms with Gasteiger partial charge in [0.05, 0.1) is 44.4 Å². The molecule has 0 aromatic heterocycles. The molecular formula is C32H27NO6. The van der Waals surface area contributed by atoms with E-state index < -0.39 is 17.8 Å². The molecule has 7 nitrogen and oxygen atoms in total. The van der Waals surface area contributed by atoms with Gasteiger partial charge in [-0.25, -0.2) is 9.69 Å². The zero-order valence-electron chi connectivity index (χ0n) is 21.8. The number of carbonyl (C=O) groups excluding carboxylic acids is 3. The number of amides is 2. The fourth-order valence-corrected chi connectivity index (χ4v) is 6.26. The van der Waals surface area contributed by atoms with Crippen molar-refractivity contribution >= 4 is 29.0 Å². The van der Waals surface area contributed by atoms with E-state index in [-0.39, 0.29) is 29.2 Å². The van der Waals surface area contributed by atoms with Crippen LogP contribution in [-0.2, 0) is 14.3 Å². The van der Waals surface area contributed by atoms with Crippen LogP contribution in [-0.4, -0.2) is 39.1 Å². The summed E-state index contributed by atoms with van der Waals surface area (Å²) in [6, 6.07) is 22.1. The second kappa shape index (κ2) is 9.58. The largest absolute Gasteiger partial charge is 0.497 e. The summed E-state index contributed by atoms with van der Waals surface area (Å²) in [7, 11) is 4.56. The third-order valence-corrected chi connectivity index (χ3v) is 7.99. The Morgan fingerprint density at radius 1 is 0.692 bits per heavy atom. The average Bonchev–Trinajstić information content (AvgIpc) is 3.62. The van der Waals surface area contributed by atoms with Crippen molar-refractivity contribution < 1.29 is 28.6 Å². The van der Waals surface area contributed by atoms with Gasteiger partial charge < -0.3 is 14.2 Å². The van der Waals surface area contributed by atoms with Crippen LogP contribution in [0.4, 0.5) is 5.69 Å². The first kappa shape index (κ1) is 24.7. The molecule has 0 unspecified atom stereocenters. The van der Waals surface area contributed by atoms with Crippen molar-refractivity contribution in [3.05, 3.63) is 107 Å². The first-order valence-corrected chi connectivity index (χ1v) is 12.7.